The Morgan fingerprint density at radius 3 is 2.33 bits per heavy atom. The van der Waals surface area contributed by atoms with Crippen LogP contribution < -0.4 is 9.64 Å². The van der Waals surface area contributed by atoms with Gasteiger partial charge in [-0.2, -0.15) is 0 Å². The molecule has 1 N–H and O–H groups in total. The number of rotatable bonds is 6. The molecule has 0 spiro atoms. The third kappa shape index (κ3) is 7.04. The summed E-state index contributed by atoms with van der Waals surface area (Å²) in [5, 5.41) is 9.19. The van der Waals surface area contributed by atoms with Crippen LogP contribution in [0.25, 0.3) is 0 Å². The van der Waals surface area contributed by atoms with Gasteiger partial charge in [0, 0.05) is 24.8 Å². The lowest BCUT2D eigenvalue weighted by atomic mass is 9.89. The van der Waals surface area contributed by atoms with Crippen molar-refractivity contribution >= 4 is 5.69 Å². The number of likely N-dealkylation sites (tertiary alicyclic amines) is 1. The molecular weight excluding hydrogens is 444 g/mol. The van der Waals surface area contributed by atoms with Crippen LogP contribution in [0.2, 0.25) is 0 Å². The minimum Gasteiger partial charge on any atom is -0.508 e. The van der Waals surface area contributed by atoms with Gasteiger partial charge >= 0.3 is 0 Å². The number of ether oxygens (including phenoxy) is 1. The van der Waals surface area contributed by atoms with Crippen molar-refractivity contribution in [1.82, 2.24) is 4.90 Å². The van der Waals surface area contributed by atoms with Gasteiger partial charge in [0.15, 0.2) is 0 Å². The van der Waals surface area contributed by atoms with E-state index < -0.39 is 0 Å². The van der Waals surface area contributed by atoms with Gasteiger partial charge in [0.05, 0.1) is 7.11 Å². The lowest BCUT2D eigenvalue weighted by Crippen LogP contribution is -2.29. The van der Waals surface area contributed by atoms with Crippen molar-refractivity contribution in [2.24, 2.45) is 0 Å². The summed E-state index contributed by atoms with van der Waals surface area (Å²) in [5.74, 6) is 2.05. The topological polar surface area (TPSA) is 35.9 Å². The van der Waals surface area contributed by atoms with Crippen LogP contribution in [0.15, 0.2) is 66.7 Å². The summed E-state index contributed by atoms with van der Waals surface area (Å²) in [5.41, 5.74) is 6.84. The Balaban J connectivity index is 0.000000229. The first-order valence-electron chi connectivity index (χ1n) is 13.5. The molecule has 1 heterocycles. The fourth-order valence-electron chi connectivity index (χ4n) is 5.37. The third-order valence-corrected chi connectivity index (χ3v) is 7.68. The van der Waals surface area contributed by atoms with Crippen LogP contribution in [-0.2, 0) is 19.4 Å². The van der Waals surface area contributed by atoms with Crippen molar-refractivity contribution in [2.45, 2.75) is 57.9 Å². The van der Waals surface area contributed by atoms with Crippen LogP contribution in [0.5, 0.6) is 11.5 Å². The smallest absolute Gasteiger partial charge is 0.120 e. The molecule has 0 bridgehead atoms. The number of phenols is 1. The molecule has 1 aliphatic carbocycles. The predicted octanol–water partition coefficient (Wildman–Crippen LogP) is 6.80. The van der Waals surface area contributed by atoms with E-state index in [2.05, 4.69) is 66.2 Å². The molecule has 0 amide bonds. The van der Waals surface area contributed by atoms with Gasteiger partial charge in [0.25, 0.3) is 0 Å². The van der Waals surface area contributed by atoms with E-state index in [1.54, 1.807) is 13.2 Å². The van der Waals surface area contributed by atoms with E-state index in [9.17, 15) is 5.11 Å². The van der Waals surface area contributed by atoms with Gasteiger partial charge in [-0.05, 0) is 118 Å². The van der Waals surface area contributed by atoms with Gasteiger partial charge in [0.1, 0.15) is 11.5 Å². The second-order valence-corrected chi connectivity index (χ2v) is 10.2. The van der Waals surface area contributed by atoms with Gasteiger partial charge in [-0.1, -0.05) is 36.4 Å². The monoisotopic (exact) mass is 486 g/mol. The molecule has 0 radical (unpaired) electrons. The molecule has 3 aromatic carbocycles. The van der Waals surface area contributed by atoms with Crippen LogP contribution in [0.3, 0.4) is 0 Å². The maximum atomic E-state index is 9.19. The van der Waals surface area contributed by atoms with Crippen molar-refractivity contribution in [2.75, 3.05) is 38.7 Å². The number of phenolic OH excluding ortho intramolecular Hbond substituents is 1. The zero-order chi connectivity index (χ0) is 25.3. The minimum absolute atomic E-state index is 0.408. The van der Waals surface area contributed by atoms with Gasteiger partial charge < -0.3 is 19.6 Å². The summed E-state index contributed by atoms with van der Waals surface area (Å²) >= 11 is 0. The first-order chi connectivity index (χ1) is 17.6. The molecule has 1 fully saturated rings. The Hall–Kier alpha value is -2.98. The molecule has 3 aromatic rings. The molecule has 36 heavy (non-hydrogen) atoms. The molecule has 192 valence electrons. The van der Waals surface area contributed by atoms with Crippen molar-refractivity contribution in [3.8, 4) is 11.5 Å². The number of methoxy groups -OCH3 is 1. The first kappa shape index (κ1) is 26.1. The molecule has 5 rings (SSSR count). The number of hydrogen-bond donors (Lipinski definition) is 1. The van der Waals surface area contributed by atoms with Crippen molar-refractivity contribution in [3.05, 3.63) is 89.0 Å². The van der Waals surface area contributed by atoms with Crippen LogP contribution in [-0.4, -0.2) is 43.8 Å². The largest absolute Gasteiger partial charge is 0.508 e. The molecular formula is C32H42N2O2. The summed E-state index contributed by atoms with van der Waals surface area (Å²) < 4.78 is 5.36. The highest BCUT2D eigenvalue weighted by Gasteiger charge is 2.18. The van der Waals surface area contributed by atoms with E-state index in [0.717, 1.165) is 31.2 Å². The number of aromatic hydroxyl groups is 1. The minimum atomic E-state index is 0.408. The second-order valence-electron chi connectivity index (χ2n) is 10.2. The van der Waals surface area contributed by atoms with Crippen LogP contribution >= 0.6 is 0 Å². The third-order valence-electron chi connectivity index (χ3n) is 7.68. The van der Waals surface area contributed by atoms with E-state index >= 15 is 0 Å². The summed E-state index contributed by atoms with van der Waals surface area (Å²) in [6, 6.07) is 23.3. The SMILES string of the molecule is CCN(Cc1ccc(C2CCN(C)CC2)cc1)c1cccc(OC)c1.Oc1ccc2c(c1)CCCC2. The summed E-state index contributed by atoms with van der Waals surface area (Å²) in [7, 11) is 3.94. The molecule has 4 nitrogen and oxygen atoms in total. The fourth-order valence-corrected chi connectivity index (χ4v) is 5.37. The van der Waals surface area contributed by atoms with Crippen molar-refractivity contribution in [3.63, 3.8) is 0 Å². The molecule has 4 heteroatoms. The first-order valence-corrected chi connectivity index (χ1v) is 13.5. The van der Waals surface area contributed by atoms with E-state index in [1.807, 2.05) is 18.2 Å². The Bertz CT molecular complexity index is 1090. The Labute approximate surface area is 217 Å². The molecule has 0 saturated carbocycles. The van der Waals surface area contributed by atoms with E-state index in [0.29, 0.717) is 5.75 Å². The summed E-state index contributed by atoms with van der Waals surface area (Å²) in [6.45, 7) is 6.53. The van der Waals surface area contributed by atoms with Gasteiger partial charge in [0.2, 0.25) is 0 Å². The Morgan fingerprint density at radius 1 is 0.917 bits per heavy atom. The van der Waals surface area contributed by atoms with Gasteiger partial charge in [-0.25, -0.2) is 0 Å². The molecule has 0 unspecified atom stereocenters. The zero-order valence-electron chi connectivity index (χ0n) is 22.2. The number of piperidine rings is 1. The highest BCUT2D eigenvalue weighted by atomic mass is 16.5. The quantitative estimate of drug-likeness (QED) is 0.416. The number of fused-ring (bicyclic) bond motifs is 1. The van der Waals surface area contributed by atoms with Crippen LogP contribution in [0.1, 0.15) is 60.8 Å². The highest BCUT2D eigenvalue weighted by Crippen LogP contribution is 2.28. The molecule has 1 saturated heterocycles. The zero-order valence-corrected chi connectivity index (χ0v) is 22.2. The second kappa shape index (κ2) is 12.8. The highest BCUT2D eigenvalue weighted by molar-refractivity contribution is 5.51. The Kier molecular flexibility index (Phi) is 9.29. The molecule has 1 aliphatic heterocycles. The van der Waals surface area contributed by atoms with Gasteiger partial charge in [-0.15, -0.1) is 0 Å². The van der Waals surface area contributed by atoms with Gasteiger partial charge in [-0.3, -0.25) is 0 Å². The number of benzene rings is 3. The van der Waals surface area contributed by atoms with Crippen LogP contribution in [0, 0.1) is 0 Å². The lowest BCUT2D eigenvalue weighted by molar-refractivity contribution is 0.255. The van der Waals surface area contributed by atoms with Crippen molar-refractivity contribution < 1.29 is 9.84 Å². The lowest BCUT2D eigenvalue weighted by Gasteiger charge is -2.29. The van der Waals surface area contributed by atoms with E-state index in [-0.39, 0.29) is 0 Å². The Morgan fingerprint density at radius 2 is 1.64 bits per heavy atom. The average molecular weight is 487 g/mol. The number of anilines is 1. The molecule has 2 aliphatic rings. The number of nitrogens with zero attached hydrogens (tertiary/aromatic N) is 2. The summed E-state index contributed by atoms with van der Waals surface area (Å²) in [4.78, 5) is 4.81. The average Bonchev–Trinajstić information content (AvgIpc) is 2.93. The van der Waals surface area contributed by atoms with E-state index in [4.69, 9.17) is 4.74 Å². The number of aryl methyl sites for hydroxylation is 2. The predicted molar refractivity (Wildman–Crippen MR) is 150 cm³/mol. The summed E-state index contributed by atoms with van der Waals surface area (Å²) in [6.07, 6.45) is 7.47. The number of hydrogen-bond acceptors (Lipinski definition) is 4. The maximum Gasteiger partial charge on any atom is 0.120 e. The standard InChI is InChI=1S/C22H30N2O.C10H12O/c1-4-24(21-6-5-7-22(16-21)25-3)17-18-8-10-19(11-9-18)20-12-14-23(2)15-13-20;11-10-6-5-8-3-1-2-4-9(8)7-10/h5-11,16,20H,4,12-15,17H2,1-3H3;5-7,11H,1-4H2. The van der Waals surface area contributed by atoms with Crippen LogP contribution in [0.4, 0.5) is 5.69 Å². The van der Waals surface area contributed by atoms with Crippen molar-refractivity contribution in [1.29, 1.82) is 0 Å². The molecule has 0 aromatic heterocycles. The maximum absolute atomic E-state index is 9.19. The van der Waals surface area contributed by atoms with E-state index in [1.165, 1.54) is 73.1 Å². The fraction of sp³-hybridized carbons (Fsp3) is 0.438. The molecule has 0 atom stereocenters. The normalized spacial score (nSPS) is 16.0.